The molecule has 1 aromatic rings. The van der Waals surface area contributed by atoms with Crippen LogP contribution in [-0.4, -0.2) is 98.7 Å². The van der Waals surface area contributed by atoms with Crippen molar-refractivity contribution in [1.82, 2.24) is 10.6 Å². The van der Waals surface area contributed by atoms with Gasteiger partial charge >= 0.3 is 29.8 Å². The minimum Gasteiger partial charge on any atom is -0.462 e. The summed E-state index contributed by atoms with van der Waals surface area (Å²) < 4.78 is 26.1. The Balaban J connectivity index is 2.56. The molecule has 1 aliphatic heterocycles. The number of hydrogen-bond donors (Lipinski definition) is 2. The second kappa shape index (κ2) is 18.6. The second-order valence-corrected chi connectivity index (χ2v) is 13.1. The summed E-state index contributed by atoms with van der Waals surface area (Å²) in [6.07, 6.45) is -2.95. The molecular weight excluding hydrogens is 967 g/mol. The SMILES string of the molecule is CC(=O)OCC(CNC(=O)c1c(I)c(C(=O)NCC(COC(C)=O)OC(C)=O)c(I)c(N2CCC(OC(C)=O)C2=O)c1I)OC(C)=O. The molecule has 1 aliphatic rings. The molecule has 258 valence electrons. The number of esters is 5. The Morgan fingerprint density at radius 1 is 0.702 bits per heavy atom. The quantitative estimate of drug-likeness (QED) is 0.155. The fraction of sp³-hybridized carbons (Fsp3) is 0.500. The molecule has 0 spiro atoms. The van der Waals surface area contributed by atoms with E-state index in [4.69, 9.17) is 23.7 Å². The van der Waals surface area contributed by atoms with Gasteiger partial charge in [-0.05, 0) is 67.8 Å². The van der Waals surface area contributed by atoms with E-state index in [1.165, 1.54) is 25.7 Å². The maximum atomic E-state index is 13.7. The number of benzene rings is 1. The van der Waals surface area contributed by atoms with Crippen molar-refractivity contribution in [3.05, 3.63) is 21.8 Å². The van der Waals surface area contributed by atoms with Crippen molar-refractivity contribution < 1.29 is 62.0 Å². The van der Waals surface area contributed by atoms with Gasteiger partial charge in [-0.2, -0.15) is 0 Å². The van der Waals surface area contributed by atoms with Crippen LogP contribution in [0.15, 0.2) is 0 Å². The van der Waals surface area contributed by atoms with E-state index in [1.807, 2.05) is 67.8 Å². The van der Waals surface area contributed by atoms with Crippen LogP contribution in [0.5, 0.6) is 0 Å². The zero-order valence-corrected chi connectivity index (χ0v) is 32.3. The van der Waals surface area contributed by atoms with Crippen LogP contribution >= 0.6 is 67.8 Å². The lowest BCUT2D eigenvalue weighted by Crippen LogP contribution is -2.40. The van der Waals surface area contributed by atoms with E-state index < -0.39 is 65.9 Å². The van der Waals surface area contributed by atoms with Crippen LogP contribution in [0.2, 0.25) is 0 Å². The first-order valence-corrected chi connectivity index (χ1v) is 17.0. The third-order valence-corrected chi connectivity index (χ3v) is 9.25. The van der Waals surface area contributed by atoms with Gasteiger partial charge in [-0.3, -0.25) is 38.4 Å². The minimum atomic E-state index is -1.07. The van der Waals surface area contributed by atoms with E-state index >= 15 is 0 Å². The molecule has 1 fully saturated rings. The molecule has 0 aromatic heterocycles. The number of anilines is 1. The van der Waals surface area contributed by atoms with Gasteiger partial charge in [-0.25, -0.2) is 0 Å². The average Bonchev–Trinajstić information content (AvgIpc) is 3.29. The predicted octanol–water partition coefficient (Wildman–Crippen LogP) is 1.62. The zero-order valence-electron chi connectivity index (χ0n) is 25.9. The standard InChI is InChI=1S/C28H32I3N3O13/c1-12(35)43-10-17(45-14(3)37)8-32-26(40)20-22(29)21(27(41)33-9-18(46-15(4)38)11-44-13(2)36)24(31)25(23(20)30)34-7-6-19(28(34)42)47-16(5)39/h17-19H,6-11H2,1-5H3,(H,32,40)(H,33,41). The molecule has 2 rings (SSSR count). The normalized spacial score (nSPS) is 15.2. The molecule has 19 heteroatoms. The summed E-state index contributed by atoms with van der Waals surface area (Å²) in [7, 11) is 0. The molecule has 0 saturated carbocycles. The molecule has 3 atom stereocenters. The van der Waals surface area contributed by atoms with E-state index in [-0.39, 0.29) is 59.7 Å². The van der Waals surface area contributed by atoms with Crippen LogP contribution in [0.25, 0.3) is 0 Å². The van der Waals surface area contributed by atoms with Crippen molar-refractivity contribution in [3.63, 3.8) is 0 Å². The fourth-order valence-electron chi connectivity index (χ4n) is 4.22. The molecule has 1 saturated heterocycles. The van der Waals surface area contributed by atoms with Crippen molar-refractivity contribution in [1.29, 1.82) is 0 Å². The lowest BCUT2D eigenvalue weighted by Gasteiger charge is -2.25. The second-order valence-electron chi connectivity index (χ2n) is 9.91. The maximum Gasteiger partial charge on any atom is 0.303 e. The number of rotatable bonds is 14. The molecule has 0 aliphatic carbocycles. The van der Waals surface area contributed by atoms with Gasteiger partial charge in [0.25, 0.3) is 17.7 Å². The largest absolute Gasteiger partial charge is 0.462 e. The van der Waals surface area contributed by atoms with Crippen molar-refractivity contribution in [2.24, 2.45) is 0 Å². The summed E-state index contributed by atoms with van der Waals surface area (Å²) in [6.45, 7) is 4.74. The number of carbonyl (C=O) groups excluding carboxylic acids is 8. The highest BCUT2D eigenvalue weighted by Crippen LogP contribution is 2.40. The number of halogens is 3. The van der Waals surface area contributed by atoms with E-state index in [0.717, 1.165) is 13.8 Å². The number of carbonyl (C=O) groups is 8. The summed E-state index contributed by atoms with van der Waals surface area (Å²) in [4.78, 5) is 99.5. The van der Waals surface area contributed by atoms with Gasteiger partial charge in [0.2, 0.25) is 0 Å². The van der Waals surface area contributed by atoms with Crippen LogP contribution < -0.4 is 15.5 Å². The molecule has 3 unspecified atom stereocenters. The van der Waals surface area contributed by atoms with Gasteiger partial charge in [-0.1, -0.05) is 0 Å². The molecule has 0 radical (unpaired) electrons. The van der Waals surface area contributed by atoms with Gasteiger partial charge in [0.15, 0.2) is 18.3 Å². The number of hydrogen-bond acceptors (Lipinski definition) is 13. The van der Waals surface area contributed by atoms with Crippen molar-refractivity contribution >= 4 is 121 Å². The van der Waals surface area contributed by atoms with E-state index in [1.54, 1.807) is 0 Å². The van der Waals surface area contributed by atoms with Crippen LogP contribution in [0.1, 0.15) is 61.8 Å². The highest BCUT2D eigenvalue weighted by atomic mass is 127. The summed E-state index contributed by atoms with van der Waals surface area (Å²) in [5, 5.41) is 5.26. The Morgan fingerprint density at radius 2 is 1.13 bits per heavy atom. The van der Waals surface area contributed by atoms with Crippen molar-refractivity contribution in [2.75, 3.05) is 37.7 Å². The van der Waals surface area contributed by atoms with Gasteiger partial charge < -0.3 is 39.2 Å². The van der Waals surface area contributed by atoms with Gasteiger partial charge in [-0.15, -0.1) is 0 Å². The molecule has 3 amide bonds. The molecule has 0 bridgehead atoms. The van der Waals surface area contributed by atoms with Crippen molar-refractivity contribution in [2.45, 2.75) is 59.4 Å². The Bertz CT molecular complexity index is 1370. The summed E-state index contributed by atoms with van der Waals surface area (Å²) >= 11 is 5.58. The van der Waals surface area contributed by atoms with Gasteiger partial charge in [0.05, 0.1) is 37.0 Å². The number of ether oxygens (including phenoxy) is 5. The topological polar surface area (TPSA) is 210 Å². The monoisotopic (exact) mass is 999 g/mol. The smallest absolute Gasteiger partial charge is 0.303 e. The lowest BCUT2D eigenvalue weighted by molar-refractivity contribution is -0.155. The Morgan fingerprint density at radius 3 is 1.49 bits per heavy atom. The molecule has 2 N–H and O–H groups in total. The van der Waals surface area contributed by atoms with Crippen LogP contribution in [0.3, 0.4) is 0 Å². The third kappa shape index (κ3) is 12.0. The molecule has 16 nitrogen and oxygen atoms in total. The van der Waals surface area contributed by atoms with Crippen LogP contribution in [0, 0.1) is 10.7 Å². The average molecular weight is 999 g/mol. The fourth-order valence-corrected chi connectivity index (χ4v) is 8.95. The van der Waals surface area contributed by atoms with E-state index in [0.29, 0.717) is 7.14 Å². The van der Waals surface area contributed by atoms with Gasteiger partial charge in [0, 0.05) is 51.2 Å². The summed E-state index contributed by atoms with van der Waals surface area (Å²) in [5.74, 6) is -5.21. The Kier molecular flexibility index (Phi) is 16.0. The molecule has 47 heavy (non-hydrogen) atoms. The highest BCUT2D eigenvalue weighted by molar-refractivity contribution is 14.1. The predicted molar refractivity (Wildman–Crippen MR) is 186 cm³/mol. The first kappa shape index (κ1) is 40.3. The highest BCUT2D eigenvalue weighted by Gasteiger charge is 2.39. The Hall–Kier alpha value is -2.83. The summed E-state index contributed by atoms with van der Waals surface area (Å²) in [5.41, 5.74) is 0.219. The number of nitrogens with zero attached hydrogens (tertiary/aromatic N) is 1. The molecule has 1 heterocycles. The lowest BCUT2D eigenvalue weighted by atomic mass is 10.1. The van der Waals surface area contributed by atoms with Crippen LogP contribution in [-0.2, 0) is 52.5 Å². The summed E-state index contributed by atoms with van der Waals surface area (Å²) in [6, 6.07) is 0. The third-order valence-electron chi connectivity index (χ3n) is 6.07. The number of amides is 3. The molecule has 1 aromatic carbocycles. The minimum absolute atomic E-state index is 0.000938. The van der Waals surface area contributed by atoms with Crippen LogP contribution in [0.4, 0.5) is 5.69 Å². The first-order valence-electron chi connectivity index (χ1n) is 13.8. The van der Waals surface area contributed by atoms with E-state index in [9.17, 15) is 38.4 Å². The first-order chi connectivity index (χ1) is 21.9. The van der Waals surface area contributed by atoms with Crippen molar-refractivity contribution in [3.8, 4) is 0 Å². The Labute approximate surface area is 310 Å². The van der Waals surface area contributed by atoms with Gasteiger partial charge in [0.1, 0.15) is 13.2 Å². The maximum absolute atomic E-state index is 13.7. The molecular formula is C28H32I3N3O13. The number of nitrogens with one attached hydrogen (secondary N) is 2. The van der Waals surface area contributed by atoms with E-state index in [2.05, 4.69) is 10.6 Å². The zero-order chi connectivity index (χ0) is 35.6.